The van der Waals surface area contributed by atoms with Gasteiger partial charge in [-0.05, 0) is 70.5 Å². The van der Waals surface area contributed by atoms with Crippen molar-refractivity contribution in [2.45, 2.75) is 50.5 Å². The molecular formula is C30H30ClN. The van der Waals surface area contributed by atoms with Crippen molar-refractivity contribution in [1.29, 1.82) is 0 Å². The van der Waals surface area contributed by atoms with E-state index in [-0.39, 0.29) is 11.5 Å². The Morgan fingerprint density at radius 1 is 1.00 bits per heavy atom. The Kier molecular flexibility index (Phi) is 5.69. The molecule has 3 aromatic rings. The summed E-state index contributed by atoms with van der Waals surface area (Å²) in [7, 11) is 0. The van der Waals surface area contributed by atoms with Crippen LogP contribution in [-0.4, -0.2) is 6.04 Å². The lowest BCUT2D eigenvalue weighted by Crippen LogP contribution is -2.20. The Morgan fingerprint density at radius 3 is 2.78 bits per heavy atom. The van der Waals surface area contributed by atoms with Crippen LogP contribution < -0.4 is 5.32 Å². The number of halogens is 1. The van der Waals surface area contributed by atoms with E-state index in [1.54, 1.807) is 0 Å². The molecular weight excluding hydrogens is 410 g/mol. The van der Waals surface area contributed by atoms with E-state index in [9.17, 15) is 0 Å². The molecule has 0 aromatic heterocycles. The minimum atomic E-state index is 0.163. The Hall–Kier alpha value is -2.77. The van der Waals surface area contributed by atoms with Crippen LogP contribution in [0.1, 0.15) is 60.4 Å². The van der Waals surface area contributed by atoms with Gasteiger partial charge in [0.05, 0.1) is 6.04 Å². The SMILES string of the molecule is CC1(C)CC(c2cccc(/C=C/C3C=Cc4ccc(Cl)cc4N3)c2)CCc2ccccc21. The average Bonchev–Trinajstić information content (AvgIpc) is 2.93. The summed E-state index contributed by atoms with van der Waals surface area (Å²) in [4.78, 5) is 0. The van der Waals surface area contributed by atoms with Crippen LogP contribution in [0.15, 0.2) is 78.9 Å². The Bertz CT molecular complexity index is 1190. The summed E-state index contributed by atoms with van der Waals surface area (Å²) in [6, 6.07) is 24.2. The molecule has 2 atom stereocenters. The molecule has 2 unspecified atom stereocenters. The van der Waals surface area contributed by atoms with Crippen LogP contribution in [0.2, 0.25) is 5.02 Å². The van der Waals surface area contributed by atoms with Gasteiger partial charge in [-0.15, -0.1) is 0 Å². The molecule has 0 bridgehead atoms. The highest BCUT2D eigenvalue weighted by molar-refractivity contribution is 6.31. The van der Waals surface area contributed by atoms with Gasteiger partial charge >= 0.3 is 0 Å². The first-order chi connectivity index (χ1) is 15.5. The maximum absolute atomic E-state index is 6.17. The molecule has 1 heterocycles. The first-order valence-corrected chi connectivity index (χ1v) is 12.0. The molecule has 3 aromatic carbocycles. The number of benzene rings is 3. The summed E-state index contributed by atoms with van der Waals surface area (Å²) < 4.78 is 0. The number of nitrogens with one attached hydrogen (secondary N) is 1. The second-order valence-corrected chi connectivity index (χ2v) is 10.2. The fourth-order valence-corrected chi connectivity index (χ4v) is 5.49. The molecule has 0 saturated carbocycles. The van der Waals surface area contributed by atoms with E-state index >= 15 is 0 Å². The third-order valence-electron chi connectivity index (χ3n) is 6.96. The number of aryl methyl sites for hydroxylation is 1. The maximum Gasteiger partial charge on any atom is 0.0635 e. The van der Waals surface area contributed by atoms with Gasteiger partial charge in [-0.3, -0.25) is 0 Å². The van der Waals surface area contributed by atoms with Gasteiger partial charge in [-0.1, -0.05) is 104 Å². The highest BCUT2D eigenvalue weighted by Gasteiger charge is 2.31. The van der Waals surface area contributed by atoms with Gasteiger partial charge in [0.2, 0.25) is 0 Å². The van der Waals surface area contributed by atoms with Gasteiger partial charge in [0, 0.05) is 10.7 Å². The maximum atomic E-state index is 6.17. The van der Waals surface area contributed by atoms with Crippen LogP contribution in [-0.2, 0) is 11.8 Å². The fraction of sp³-hybridized carbons (Fsp3) is 0.267. The van der Waals surface area contributed by atoms with Crippen LogP contribution in [0, 0.1) is 0 Å². The molecule has 0 amide bonds. The molecule has 1 aliphatic heterocycles. The largest absolute Gasteiger partial charge is 0.375 e. The Balaban J connectivity index is 1.33. The monoisotopic (exact) mass is 439 g/mol. The average molecular weight is 440 g/mol. The second kappa shape index (κ2) is 8.64. The van der Waals surface area contributed by atoms with Crippen molar-refractivity contribution in [3.63, 3.8) is 0 Å². The van der Waals surface area contributed by atoms with Gasteiger partial charge in [0.1, 0.15) is 0 Å². The topological polar surface area (TPSA) is 12.0 Å². The van der Waals surface area contributed by atoms with E-state index in [4.69, 9.17) is 11.6 Å². The molecule has 5 rings (SSSR count). The van der Waals surface area contributed by atoms with Gasteiger partial charge < -0.3 is 5.32 Å². The smallest absolute Gasteiger partial charge is 0.0635 e. The minimum absolute atomic E-state index is 0.163. The third-order valence-corrected chi connectivity index (χ3v) is 7.20. The zero-order chi connectivity index (χ0) is 22.1. The lowest BCUT2D eigenvalue weighted by Gasteiger charge is -2.29. The van der Waals surface area contributed by atoms with Gasteiger partial charge in [0.25, 0.3) is 0 Å². The molecule has 32 heavy (non-hydrogen) atoms. The van der Waals surface area contributed by atoms with Crippen LogP contribution in [0.25, 0.3) is 12.2 Å². The molecule has 1 N–H and O–H groups in total. The quantitative estimate of drug-likeness (QED) is 0.405. The zero-order valence-corrected chi connectivity index (χ0v) is 19.6. The van der Waals surface area contributed by atoms with E-state index in [1.165, 1.54) is 40.7 Å². The molecule has 0 saturated heterocycles. The van der Waals surface area contributed by atoms with E-state index in [0.29, 0.717) is 5.92 Å². The van der Waals surface area contributed by atoms with E-state index < -0.39 is 0 Å². The lowest BCUT2D eigenvalue weighted by molar-refractivity contribution is 0.427. The Morgan fingerprint density at radius 2 is 1.88 bits per heavy atom. The molecule has 2 heteroatoms. The number of hydrogen-bond acceptors (Lipinski definition) is 1. The predicted octanol–water partition coefficient (Wildman–Crippen LogP) is 8.26. The van der Waals surface area contributed by atoms with Gasteiger partial charge in [-0.2, -0.15) is 0 Å². The minimum Gasteiger partial charge on any atom is -0.375 e. The first-order valence-electron chi connectivity index (χ1n) is 11.6. The van der Waals surface area contributed by atoms with Crippen molar-refractivity contribution in [1.82, 2.24) is 0 Å². The van der Waals surface area contributed by atoms with Crippen LogP contribution >= 0.6 is 11.6 Å². The summed E-state index contributed by atoms with van der Waals surface area (Å²) in [6.45, 7) is 4.80. The zero-order valence-electron chi connectivity index (χ0n) is 18.8. The number of hydrogen-bond donors (Lipinski definition) is 1. The molecule has 2 aliphatic rings. The first kappa shape index (κ1) is 21.1. The van der Waals surface area contributed by atoms with Crippen molar-refractivity contribution in [2.75, 3.05) is 5.32 Å². The normalized spacial score (nSPS) is 21.5. The Labute approximate surface area is 196 Å². The van der Waals surface area contributed by atoms with Crippen molar-refractivity contribution < 1.29 is 0 Å². The predicted molar refractivity (Wildman–Crippen MR) is 139 cm³/mol. The van der Waals surface area contributed by atoms with Crippen molar-refractivity contribution in [3.8, 4) is 0 Å². The van der Waals surface area contributed by atoms with Crippen LogP contribution in [0.4, 0.5) is 5.69 Å². The molecule has 0 fully saturated rings. The van der Waals surface area contributed by atoms with Crippen molar-refractivity contribution >= 4 is 29.4 Å². The van der Waals surface area contributed by atoms with E-state index in [0.717, 1.165) is 17.1 Å². The number of fused-ring (bicyclic) bond motifs is 2. The molecule has 162 valence electrons. The summed E-state index contributed by atoms with van der Waals surface area (Å²) in [5.41, 5.74) is 8.21. The van der Waals surface area contributed by atoms with E-state index in [1.807, 2.05) is 12.1 Å². The van der Waals surface area contributed by atoms with Crippen molar-refractivity contribution in [2.24, 2.45) is 0 Å². The molecule has 0 spiro atoms. The molecule has 1 aliphatic carbocycles. The molecule has 1 nitrogen and oxygen atoms in total. The standard InChI is InChI=1S/C30H30ClN/c1-30(2)20-25(12-11-22-7-3-4-9-28(22)30)24-8-5-6-21(18-24)10-16-27-17-14-23-13-15-26(31)19-29(23)32-27/h3-10,13-19,25,27,32H,11-12,20H2,1-2H3/b16-10+. The summed E-state index contributed by atoms with van der Waals surface area (Å²) >= 11 is 6.17. The summed E-state index contributed by atoms with van der Waals surface area (Å²) in [6.07, 6.45) is 12.4. The number of anilines is 1. The third kappa shape index (κ3) is 4.40. The van der Waals surface area contributed by atoms with Crippen molar-refractivity contribution in [3.05, 3.63) is 112 Å². The number of rotatable bonds is 3. The van der Waals surface area contributed by atoms with Crippen LogP contribution in [0.5, 0.6) is 0 Å². The lowest BCUT2D eigenvalue weighted by atomic mass is 9.76. The van der Waals surface area contributed by atoms with Gasteiger partial charge in [0.15, 0.2) is 0 Å². The van der Waals surface area contributed by atoms with E-state index in [2.05, 4.69) is 98.1 Å². The summed E-state index contributed by atoms with van der Waals surface area (Å²) in [5, 5.41) is 4.32. The molecule has 0 radical (unpaired) electrons. The highest BCUT2D eigenvalue weighted by Crippen LogP contribution is 2.42. The van der Waals surface area contributed by atoms with Gasteiger partial charge in [-0.25, -0.2) is 0 Å². The summed E-state index contributed by atoms with van der Waals surface area (Å²) in [5.74, 6) is 0.576. The highest BCUT2D eigenvalue weighted by atomic mass is 35.5. The fourth-order valence-electron chi connectivity index (χ4n) is 5.32. The van der Waals surface area contributed by atoms with Crippen LogP contribution in [0.3, 0.4) is 0 Å². The second-order valence-electron chi connectivity index (χ2n) is 9.77.